The van der Waals surface area contributed by atoms with E-state index in [-0.39, 0.29) is 4.90 Å². The molecule has 158 valence electrons. The van der Waals surface area contributed by atoms with E-state index in [2.05, 4.69) is 42.2 Å². The lowest BCUT2D eigenvalue weighted by molar-refractivity contribution is 0.0730. The van der Waals surface area contributed by atoms with Gasteiger partial charge < -0.3 is 9.15 Å². The molecule has 0 bridgehead atoms. The highest BCUT2D eigenvalue weighted by atomic mass is 32.2. The minimum atomic E-state index is -3.58. The second-order valence-electron chi connectivity index (χ2n) is 7.14. The number of thioether (sulfide) groups is 1. The molecule has 0 amide bonds. The number of rotatable bonds is 6. The molecular weight excluding hydrogens is 422 g/mol. The third-order valence-corrected chi connectivity index (χ3v) is 7.71. The topological polar surface area (TPSA) is 85.5 Å². The van der Waals surface area contributed by atoms with Crippen molar-refractivity contribution < 1.29 is 17.6 Å². The van der Waals surface area contributed by atoms with Gasteiger partial charge in [0.25, 0.3) is 5.22 Å². The van der Waals surface area contributed by atoms with Gasteiger partial charge in [0.05, 0.1) is 18.1 Å². The molecule has 2 heterocycles. The Morgan fingerprint density at radius 2 is 1.87 bits per heavy atom. The summed E-state index contributed by atoms with van der Waals surface area (Å²) in [4.78, 5) is 0.213. The average Bonchev–Trinajstić information content (AvgIpc) is 3.24. The first kappa shape index (κ1) is 21.0. The largest absolute Gasteiger partial charge is 0.411 e. The summed E-state index contributed by atoms with van der Waals surface area (Å²) >= 11 is 1.46. The predicted octanol–water partition coefficient (Wildman–Crippen LogP) is 3.67. The van der Waals surface area contributed by atoms with Crippen LogP contribution in [0.25, 0.3) is 11.5 Å². The smallest absolute Gasteiger partial charge is 0.277 e. The molecule has 30 heavy (non-hydrogen) atoms. The molecule has 0 spiro atoms. The summed E-state index contributed by atoms with van der Waals surface area (Å²) in [6.07, 6.45) is 0. The Morgan fingerprint density at radius 3 is 2.67 bits per heavy atom. The maximum atomic E-state index is 12.9. The van der Waals surface area contributed by atoms with Crippen molar-refractivity contribution in [3.8, 4) is 11.5 Å². The average molecular weight is 446 g/mol. The van der Waals surface area contributed by atoms with E-state index < -0.39 is 10.0 Å². The van der Waals surface area contributed by atoms with E-state index in [1.54, 1.807) is 24.3 Å². The maximum Gasteiger partial charge on any atom is 0.277 e. The number of hydrogen-bond donors (Lipinski definition) is 0. The van der Waals surface area contributed by atoms with Crippen LogP contribution in [0, 0.1) is 13.8 Å². The van der Waals surface area contributed by atoms with Crippen molar-refractivity contribution in [2.75, 3.05) is 26.3 Å². The van der Waals surface area contributed by atoms with E-state index in [0.717, 1.165) is 5.75 Å². The predicted molar refractivity (Wildman–Crippen MR) is 115 cm³/mol. The minimum absolute atomic E-state index is 0.213. The normalized spacial score (nSPS) is 15.4. The molecule has 0 radical (unpaired) electrons. The van der Waals surface area contributed by atoms with Gasteiger partial charge in [-0.25, -0.2) is 8.42 Å². The summed E-state index contributed by atoms with van der Waals surface area (Å²) in [6.45, 7) is 5.66. The zero-order valence-electron chi connectivity index (χ0n) is 16.9. The van der Waals surface area contributed by atoms with Crippen LogP contribution in [0.5, 0.6) is 0 Å². The molecule has 1 aliphatic rings. The van der Waals surface area contributed by atoms with Gasteiger partial charge in [-0.15, -0.1) is 10.2 Å². The second-order valence-corrected chi connectivity index (χ2v) is 10.0. The van der Waals surface area contributed by atoms with E-state index >= 15 is 0 Å². The summed E-state index contributed by atoms with van der Waals surface area (Å²) in [6, 6.07) is 13.0. The summed E-state index contributed by atoms with van der Waals surface area (Å²) < 4.78 is 38.3. The third kappa shape index (κ3) is 4.59. The number of hydrogen-bond acceptors (Lipinski definition) is 7. The van der Waals surface area contributed by atoms with E-state index in [9.17, 15) is 8.42 Å². The first-order valence-electron chi connectivity index (χ1n) is 9.64. The van der Waals surface area contributed by atoms with Gasteiger partial charge in [0, 0.05) is 24.4 Å². The Balaban J connectivity index is 1.51. The zero-order valence-corrected chi connectivity index (χ0v) is 18.5. The summed E-state index contributed by atoms with van der Waals surface area (Å²) in [5.41, 5.74) is 4.23. The second kappa shape index (κ2) is 8.89. The van der Waals surface area contributed by atoms with Crippen LogP contribution in [-0.4, -0.2) is 49.2 Å². The van der Waals surface area contributed by atoms with Gasteiger partial charge in [0.2, 0.25) is 15.9 Å². The summed E-state index contributed by atoms with van der Waals surface area (Å²) in [5, 5.41) is 8.67. The van der Waals surface area contributed by atoms with Crippen LogP contribution in [-0.2, 0) is 20.5 Å². The lowest BCUT2D eigenvalue weighted by Crippen LogP contribution is -2.40. The first-order chi connectivity index (χ1) is 14.4. The van der Waals surface area contributed by atoms with E-state index in [0.29, 0.717) is 43.0 Å². The van der Waals surface area contributed by atoms with Crippen LogP contribution in [0.3, 0.4) is 0 Å². The molecule has 0 unspecified atom stereocenters. The van der Waals surface area contributed by atoms with Crippen LogP contribution < -0.4 is 0 Å². The number of sulfonamides is 1. The maximum absolute atomic E-state index is 12.9. The monoisotopic (exact) mass is 445 g/mol. The molecule has 4 rings (SSSR count). The number of morpholine rings is 1. The molecule has 1 saturated heterocycles. The van der Waals surface area contributed by atoms with Crippen molar-refractivity contribution in [2.24, 2.45) is 0 Å². The molecule has 1 aromatic heterocycles. The number of aryl methyl sites for hydroxylation is 2. The Kier molecular flexibility index (Phi) is 6.24. The van der Waals surface area contributed by atoms with Gasteiger partial charge in [0.1, 0.15) is 0 Å². The van der Waals surface area contributed by atoms with Crippen molar-refractivity contribution in [3.05, 3.63) is 59.2 Å². The summed E-state index contributed by atoms with van der Waals surface area (Å²) in [7, 11) is -3.58. The Bertz CT molecular complexity index is 1140. The van der Waals surface area contributed by atoms with E-state index in [4.69, 9.17) is 9.15 Å². The van der Waals surface area contributed by atoms with Gasteiger partial charge in [-0.3, -0.25) is 0 Å². The van der Waals surface area contributed by atoms with Gasteiger partial charge >= 0.3 is 0 Å². The number of aromatic nitrogens is 2. The molecule has 0 atom stereocenters. The van der Waals surface area contributed by atoms with Crippen LogP contribution >= 0.6 is 11.8 Å². The fraction of sp³-hybridized carbons (Fsp3) is 0.333. The van der Waals surface area contributed by atoms with Crippen LogP contribution in [0.1, 0.15) is 16.7 Å². The molecule has 0 aliphatic carbocycles. The molecule has 3 aromatic rings. The van der Waals surface area contributed by atoms with Crippen LogP contribution in [0.2, 0.25) is 0 Å². The molecule has 0 saturated carbocycles. The molecule has 9 heteroatoms. The van der Waals surface area contributed by atoms with Crippen molar-refractivity contribution in [2.45, 2.75) is 29.7 Å². The van der Waals surface area contributed by atoms with Crippen LogP contribution in [0.15, 0.2) is 57.0 Å². The van der Waals surface area contributed by atoms with Crippen molar-refractivity contribution >= 4 is 21.8 Å². The standard InChI is InChI=1S/C21H23N3O4S2/c1-15-6-7-16(2)18(12-15)14-29-21-23-22-20(28-21)17-4-3-5-19(13-17)30(25,26)24-8-10-27-11-9-24/h3-7,12-13H,8-11,14H2,1-2H3. The number of ether oxygens (including phenoxy) is 1. The zero-order chi connectivity index (χ0) is 21.1. The fourth-order valence-electron chi connectivity index (χ4n) is 3.21. The number of benzene rings is 2. The van der Waals surface area contributed by atoms with Crippen molar-refractivity contribution in [1.29, 1.82) is 0 Å². The van der Waals surface area contributed by atoms with Gasteiger partial charge in [-0.05, 0) is 43.2 Å². The minimum Gasteiger partial charge on any atom is -0.411 e. The lowest BCUT2D eigenvalue weighted by Gasteiger charge is -2.26. The van der Waals surface area contributed by atoms with E-state index in [1.165, 1.54) is 32.8 Å². The molecular formula is C21H23N3O4S2. The molecule has 1 aliphatic heterocycles. The van der Waals surface area contributed by atoms with Crippen molar-refractivity contribution in [3.63, 3.8) is 0 Å². The van der Waals surface area contributed by atoms with Crippen molar-refractivity contribution in [1.82, 2.24) is 14.5 Å². The lowest BCUT2D eigenvalue weighted by atomic mass is 10.1. The number of nitrogens with zero attached hydrogens (tertiary/aromatic N) is 3. The molecule has 7 nitrogen and oxygen atoms in total. The molecule has 1 fully saturated rings. The highest BCUT2D eigenvalue weighted by Crippen LogP contribution is 2.28. The third-order valence-electron chi connectivity index (χ3n) is 4.95. The van der Waals surface area contributed by atoms with Gasteiger partial charge in [-0.1, -0.05) is 41.6 Å². The SMILES string of the molecule is Cc1ccc(C)c(CSc2nnc(-c3cccc(S(=O)(=O)N4CCOCC4)c3)o2)c1. The van der Waals surface area contributed by atoms with E-state index in [1.807, 2.05) is 0 Å². The quantitative estimate of drug-likeness (QED) is 0.535. The van der Waals surface area contributed by atoms with Gasteiger partial charge in [0.15, 0.2) is 0 Å². The van der Waals surface area contributed by atoms with Gasteiger partial charge in [-0.2, -0.15) is 4.31 Å². The fourth-order valence-corrected chi connectivity index (χ4v) is 5.49. The molecule has 0 N–H and O–H groups in total. The van der Waals surface area contributed by atoms with Crippen LogP contribution in [0.4, 0.5) is 0 Å². The highest BCUT2D eigenvalue weighted by molar-refractivity contribution is 7.98. The highest BCUT2D eigenvalue weighted by Gasteiger charge is 2.26. The first-order valence-corrected chi connectivity index (χ1v) is 12.1. The Labute approximate surface area is 180 Å². The Morgan fingerprint density at radius 1 is 1.07 bits per heavy atom. The Hall–Kier alpha value is -2.20. The summed E-state index contributed by atoms with van der Waals surface area (Å²) in [5.74, 6) is 1.03. The molecule has 2 aromatic carbocycles.